The Kier molecular flexibility index (Phi) is 5.48. The quantitative estimate of drug-likeness (QED) is 0.783. The van der Waals surface area contributed by atoms with Crippen molar-refractivity contribution in [2.24, 2.45) is 7.05 Å². The highest BCUT2D eigenvalue weighted by Crippen LogP contribution is 2.12. The summed E-state index contributed by atoms with van der Waals surface area (Å²) in [6.07, 6.45) is 2.57. The first-order valence-corrected chi connectivity index (χ1v) is 7.20. The molecule has 22 heavy (non-hydrogen) atoms. The monoisotopic (exact) mass is 304 g/mol. The second-order valence-electron chi connectivity index (χ2n) is 4.83. The molecule has 0 saturated heterocycles. The van der Waals surface area contributed by atoms with Crippen LogP contribution in [0.3, 0.4) is 0 Å². The SMILES string of the molecule is CCOCCCC(=O)Nc1ccc(-n2ncn(C)c2=O)cc1. The number of hydrogen-bond donors (Lipinski definition) is 1. The number of nitrogens with one attached hydrogen (secondary N) is 1. The molecule has 1 aromatic carbocycles. The highest BCUT2D eigenvalue weighted by Gasteiger charge is 2.06. The molecular formula is C15H20N4O3. The minimum absolute atomic E-state index is 0.0533. The summed E-state index contributed by atoms with van der Waals surface area (Å²) in [6.45, 7) is 3.18. The van der Waals surface area contributed by atoms with E-state index in [1.807, 2.05) is 6.92 Å². The summed E-state index contributed by atoms with van der Waals surface area (Å²) in [5.74, 6) is -0.0533. The molecule has 0 saturated carbocycles. The molecule has 7 heteroatoms. The van der Waals surface area contributed by atoms with Crippen molar-refractivity contribution in [3.8, 4) is 5.69 Å². The van der Waals surface area contributed by atoms with Crippen molar-refractivity contribution in [1.82, 2.24) is 14.3 Å². The molecule has 0 atom stereocenters. The first-order chi connectivity index (χ1) is 10.6. The molecule has 0 aliphatic heterocycles. The maximum atomic E-state index is 11.8. The van der Waals surface area contributed by atoms with E-state index in [1.165, 1.54) is 15.6 Å². The molecule has 1 heterocycles. The Bertz CT molecular complexity index is 673. The average Bonchev–Trinajstić information content (AvgIpc) is 2.84. The molecule has 0 bridgehead atoms. The van der Waals surface area contributed by atoms with Crippen LogP contribution in [0.1, 0.15) is 19.8 Å². The molecule has 7 nitrogen and oxygen atoms in total. The number of aromatic nitrogens is 3. The molecule has 0 fully saturated rings. The van der Waals surface area contributed by atoms with Crippen molar-refractivity contribution in [2.75, 3.05) is 18.5 Å². The Morgan fingerprint density at radius 1 is 1.32 bits per heavy atom. The molecule has 0 spiro atoms. The first kappa shape index (κ1) is 16.0. The van der Waals surface area contributed by atoms with Gasteiger partial charge in [0.15, 0.2) is 0 Å². The Labute approximate surface area is 128 Å². The molecule has 1 amide bonds. The summed E-state index contributed by atoms with van der Waals surface area (Å²) >= 11 is 0. The first-order valence-electron chi connectivity index (χ1n) is 7.20. The van der Waals surface area contributed by atoms with Crippen LogP contribution < -0.4 is 11.0 Å². The number of anilines is 1. The van der Waals surface area contributed by atoms with Gasteiger partial charge in [-0.1, -0.05) is 0 Å². The van der Waals surface area contributed by atoms with E-state index < -0.39 is 0 Å². The third-order valence-electron chi connectivity index (χ3n) is 3.12. The van der Waals surface area contributed by atoms with Gasteiger partial charge in [0, 0.05) is 32.4 Å². The highest BCUT2D eigenvalue weighted by molar-refractivity contribution is 5.90. The second kappa shape index (κ2) is 7.56. The second-order valence-corrected chi connectivity index (χ2v) is 4.83. The van der Waals surface area contributed by atoms with Gasteiger partial charge in [-0.2, -0.15) is 9.78 Å². The van der Waals surface area contributed by atoms with Gasteiger partial charge in [-0.15, -0.1) is 0 Å². The summed E-state index contributed by atoms with van der Waals surface area (Å²) < 4.78 is 7.89. The summed E-state index contributed by atoms with van der Waals surface area (Å²) in [4.78, 5) is 23.5. The summed E-state index contributed by atoms with van der Waals surface area (Å²) in [5.41, 5.74) is 1.13. The van der Waals surface area contributed by atoms with Crippen LogP contribution in [0.2, 0.25) is 0 Å². The zero-order valence-corrected chi connectivity index (χ0v) is 12.8. The number of carbonyl (C=O) groups is 1. The number of aryl methyl sites for hydroxylation is 1. The third-order valence-corrected chi connectivity index (χ3v) is 3.12. The summed E-state index contributed by atoms with van der Waals surface area (Å²) in [6, 6.07) is 6.97. The number of carbonyl (C=O) groups excluding carboxylic acids is 1. The normalized spacial score (nSPS) is 10.6. The Hall–Kier alpha value is -2.41. The smallest absolute Gasteiger partial charge is 0.350 e. The molecule has 0 unspecified atom stereocenters. The number of amides is 1. The predicted molar refractivity (Wildman–Crippen MR) is 83.2 cm³/mol. The standard InChI is InChI=1S/C15H20N4O3/c1-3-22-10-4-5-14(20)17-12-6-8-13(9-7-12)19-15(21)18(2)11-16-19/h6-9,11H,3-5,10H2,1-2H3,(H,17,20). The number of rotatable bonds is 7. The zero-order valence-electron chi connectivity index (χ0n) is 12.8. The Morgan fingerprint density at radius 2 is 2.05 bits per heavy atom. The lowest BCUT2D eigenvalue weighted by Gasteiger charge is -2.06. The number of nitrogens with zero attached hydrogens (tertiary/aromatic N) is 3. The van der Waals surface area contributed by atoms with Crippen molar-refractivity contribution < 1.29 is 9.53 Å². The molecule has 0 aliphatic rings. The van der Waals surface area contributed by atoms with Crippen LogP contribution in [-0.4, -0.2) is 33.5 Å². The molecular weight excluding hydrogens is 284 g/mol. The van der Waals surface area contributed by atoms with Gasteiger partial charge in [0.2, 0.25) is 5.91 Å². The van der Waals surface area contributed by atoms with E-state index in [-0.39, 0.29) is 11.6 Å². The average molecular weight is 304 g/mol. The molecule has 2 rings (SSSR count). The lowest BCUT2D eigenvalue weighted by atomic mass is 10.2. The van der Waals surface area contributed by atoms with E-state index in [2.05, 4.69) is 10.4 Å². The van der Waals surface area contributed by atoms with Gasteiger partial charge in [-0.05, 0) is 37.6 Å². The third kappa shape index (κ3) is 4.05. The van der Waals surface area contributed by atoms with E-state index in [9.17, 15) is 9.59 Å². The van der Waals surface area contributed by atoms with Crippen LogP contribution in [0.5, 0.6) is 0 Å². The number of hydrogen-bond acceptors (Lipinski definition) is 4. The fraction of sp³-hybridized carbons (Fsp3) is 0.400. The lowest BCUT2D eigenvalue weighted by Crippen LogP contribution is -2.21. The van der Waals surface area contributed by atoms with Crippen molar-refractivity contribution in [1.29, 1.82) is 0 Å². The van der Waals surface area contributed by atoms with Crippen LogP contribution in [0, 0.1) is 0 Å². The van der Waals surface area contributed by atoms with E-state index in [0.717, 1.165) is 0 Å². The summed E-state index contributed by atoms with van der Waals surface area (Å²) in [5, 5.41) is 6.81. The maximum Gasteiger partial charge on any atom is 0.350 e. The van der Waals surface area contributed by atoms with Crippen LogP contribution in [0.15, 0.2) is 35.4 Å². The van der Waals surface area contributed by atoms with Gasteiger partial charge in [-0.3, -0.25) is 9.36 Å². The molecule has 118 valence electrons. The zero-order chi connectivity index (χ0) is 15.9. The molecule has 1 N–H and O–H groups in total. The van der Waals surface area contributed by atoms with Crippen LogP contribution >= 0.6 is 0 Å². The van der Waals surface area contributed by atoms with Crippen molar-refractivity contribution in [2.45, 2.75) is 19.8 Å². The van der Waals surface area contributed by atoms with Crippen LogP contribution in [-0.2, 0) is 16.6 Å². The largest absolute Gasteiger partial charge is 0.382 e. The van der Waals surface area contributed by atoms with E-state index >= 15 is 0 Å². The Balaban J connectivity index is 1.93. The van der Waals surface area contributed by atoms with Crippen LogP contribution in [0.4, 0.5) is 5.69 Å². The number of ether oxygens (including phenoxy) is 1. The predicted octanol–water partition coefficient (Wildman–Crippen LogP) is 1.33. The topological polar surface area (TPSA) is 78.2 Å². The fourth-order valence-corrected chi connectivity index (χ4v) is 1.94. The van der Waals surface area contributed by atoms with Gasteiger partial charge in [-0.25, -0.2) is 4.79 Å². The minimum atomic E-state index is -0.215. The van der Waals surface area contributed by atoms with Crippen LogP contribution in [0.25, 0.3) is 5.69 Å². The lowest BCUT2D eigenvalue weighted by molar-refractivity contribution is -0.116. The van der Waals surface area contributed by atoms with Crippen molar-refractivity contribution in [3.05, 3.63) is 41.1 Å². The molecule has 1 aromatic heterocycles. The molecule has 2 aromatic rings. The maximum absolute atomic E-state index is 11.8. The molecule has 0 radical (unpaired) electrons. The van der Waals surface area contributed by atoms with Crippen molar-refractivity contribution in [3.63, 3.8) is 0 Å². The van der Waals surface area contributed by atoms with Crippen molar-refractivity contribution >= 4 is 11.6 Å². The van der Waals surface area contributed by atoms with E-state index in [4.69, 9.17) is 4.74 Å². The van der Waals surface area contributed by atoms with Gasteiger partial charge in [0.05, 0.1) is 5.69 Å². The fourth-order valence-electron chi connectivity index (χ4n) is 1.94. The number of benzene rings is 1. The Morgan fingerprint density at radius 3 is 2.64 bits per heavy atom. The van der Waals surface area contributed by atoms with Gasteiger partial charge >= 0.3 is 5.69 Å². The van der Waals surface area contributed by atoms with E-state index in [0.29, 0.717) is 37.4 Å². The minimum Gasteiger partial charge on any atom is -0.382 e. The van der Waals surface area contributed by atoms with Gasteiger partial charge in [0.25, 0.3) is 0 Å². The van der Waals surface area contributed by atoms with Gasteiger partial charge in [0.1, 0.15) is 6.33 Å². The van der Waals surface area contributed by atoms with Gasteiger partial charge < -0.3 is 10.1 Å². The highest BCUT2D eigenvalue weighted by atomic mass is 16.5. The van der Waals surface area contributed by atoms with E-state index in [1.54, 1.807) is 31.3 Å². The molecule has 0 aliphatic carbocycles. The summed E-state index contributed by atoms with van der Waals surface area (Å²) in [7, 11) is 1.64.